The highest BCUT2D eigenvalue weighted by Gasteiger charge is 2.32. The molecule has 0 aliphatic carbocycles. The number of nitrogens with one attached hydrogen (secondary N) is 1. The fourth-order valence-corrected chi connectivity index (χ4v) is 5.08. The van der Waals surface area contributed by atoms with Gasteiger partial charge in [-0.15, -0.1) is 0 Å². The van der Waals surface area contributed by atoms with Crippen molar-refractivity contribution in [3.63, 3.8) is 0 Å². The minimum absolute atomic E-state index is 0.337. The number of rotatable bonds is 7. The van der Waals surface area contributed by atoms with E-state index >= 15 is 0 Å². The smallest absolute Gasteiger partial charge is 0.243 e. The number of hydrogen-bond acceptors (Lipinski definition) is 3. The van der Waals surface area contributed by atoms with Crippen molar-refractivity contribution in [1.82, 2.24) is 4.31 Å². The summed E-state index contributed by atoms with van der Waals surface area (Å²) in [6, 6.07) is 17.7. The summed E-state index contributed by atoms with van der Waals surface area (Å²) in [5, 5.41) is 0. The number of ether oxygens (including phenoxy) is 1. The molecule has 0 radical (unpaired) electrons. The number of aryl methyl sites for hydroxylation is 1. The number of nitrogens with zero attached hydrogens (tertiary/aromatic N) is 1. The van der Waals surface area contributed by atoms with Crippen LogP contribution in [0.1, 0.15) is 18.9 Å². The highest BCUT2D eigenvalue weighted by Crippen LogP contribution is 2.19. The minimum atomic E-state index is -3.43. The molecule has 146 valence electrons. The van der Waals surface area contributed by atoms with Gasteiger partial charge < -0.3 is 9.64 Å². The Morgan fingerprint density at radius 2 is 1.67 bits per heavy atom. The number of sulfonamides is 1. The molecular weight excluding hydrogens is 360 g/mol. The molecule has 27 heavy (non-hydrogen) atoms. The number of piperazine rings is 1. The first kappa shape index (κ1) is 19.9. The van der Waals surface area contributed by atoms with Crippen molar-refractivity contribution in [1.29, 1.82) is 0 Å². The van der Waals surface area contributed by atoms with Crippen LogP contribution in [0.5, 0.6) is 5.75 Å². The van der Waals surface area contributed by atoms with Crippen molar-refractivity contribution in [3.05, 3.63) is 60.2 Å². The van der Waals surface area contributed by atoms with Gasteiger partial charge in [-0.3, -0.25) is 0 Å². The van der Waals surface area contributed by atoms with Crippen molar-refractivity contribution >= 4 is 10.0 Å². The van der Waals surface area contributed by atoms with Crippen LogP contribution in [0.3, 0.4) is 0 Å². The normalized spacial score (nSPS) is 17.6. The molecule has 1 fully saturated rings. The van der Waals surface area contributed by atoms with Crippen molar-refractivity contribution in [2.24, 2.45) is 0 Å². The summed E-state index contributed by atoms with van der Waals surface area (Å²) in [6.45, 7) is 5.11. The molecule has 1 N–H and O–H groups in total. The third-order valence-corrected chi connectivity index (χ3v) is 7.38. The van der Waals surface area contributed by atoms with Crippen molar-refractivity contribution < 1.29 is 18.1 Å². The van der Waals surface area contributed by atoms with Crippen LogP contribution in [-0.4, -0.2) is 52.1 Å². The Bertz CT molecular complexity index is 814. The third-order valence-electron chi connectivity index (χ3n) is 5.47. The monoisotopic (exact) mass is 389 g/mol. The highest BCUT2D eigenvalue weighted by atomic mass is 32.2. The predicted octanol–water partition coefficient (Wildman–Crippen LogP) is 1.61. The van der Waals surface area contributed by atoms with Crippen molar-refractivity contribution in [2.75, 3.05) is 33.3 Å². The molecule has 2 aromatic rings. The molecule has 0 bridgehead atoms. The van der Waals surface area contributed by atoms with Gasteiger partial charge in [-0.25, -0.2) is 8.42 Å². The second-order valence-electron chi connectivity index (χ2n) is 7.16. The Labute approximate surface area is 162 Å². The lowest BCUT2D eigenvalue weighted by Gasteiger charge is -2.34. The standard InChI is InChI=1S/C21H28N2O3S/c1-18(8-9-19-6-4-3-5-7-19)22-14-16-23(17-15-22)27(24,25)21-12-10-20(26-2)11-13-21/h3-7,10-13,18H,8-9,14-17H2,1-2H3/p+1/t18-/m1/s1. The van der Waals surface area contributed by atoms with Gasteiger partial charge in [-0.05, 0) is 43.2 Å². The third kappa shape index (κ3) is 4.89. The van der Waals surface area contributed by atoms with Crippen LogP contribution in [0.25, 0.3) is 0 Å². The summed E-state index contributed by atoms with van der Waals surface area (Å²) in [5.74, 6) is 0.662. The summed E-state index contributed by atoms with van der Waals surface area (Å²) < 4.78 is 32.4. The van der Waals surface area contributed by atoms with Gasteiger partial charge in [0.25, 0.3) is 0 Å². The van der Waals surface area contributed by atoms with Crippen LogP contribution < -0.4 is 9.64 Å². The topological polar surface area (TPSA) is 51.1 Å². The maximum atomic E-state index is 12.8. The van der Waals surface area contributed by atoms with Gasteiger partial charge in [0.1, 0.15) is 5.75 Å². The molecule has 0 aromatic heterocycles. The predicted molar refractivity (Wildman–Crippen MR) is 107 cm³/mol. The molecule has 2 aromatic carbocycles. The van der Waals surface area contributed by atoms with E-state index in [1.165, 1.54) is 10.5 Å². The first-order valence-electron chi connectivity index (χ1n) is 9.53. The lowest BCUT2D eigenvalue weighted by molar-refractivity contribution is -0.927. The van der Waals surface area contributed by atoms with E-state index in [2.05, 4.69) is 31.2 Å². The van der Waals surface area contributed by atoms with E-state index in [0.717, 1.165) is 25.9 Å². The number of quaternary nitrogens is 1. The largest absolute Gasteiger partial charge is 0.497 e. The molecule has 0 saturated carbocycles. The number of hydrogen-bond donors (Lipinski definition) is 1. The van der Waals surface area contributed by atoms with E-state index in [1.54, 1.807) is 35.7 Å². The van der Waals surface area contributed by atoms with Gasteiger partial charge >= 0.3 is 0 Å². The van der Waals surface area contributed by atoms with Gasteiger partial charge in [-0.2, -0.15) is 4.31 Å². The summed E-state index contributed by atoms with van der Waals surface area (Å²) in [4.78, 5) is 1.83. The maximum Gasteiger partial charge on any atom is 0.243 e. The van der Waals surface area contributed by atoms with Crippen molar-refractivity contribution in [2.45, 2.75) is 30.7 Å². The Balaban J connectivity index is 1.54. The molecule has 1 saturated heterocycles. The maximum absolute atomic E-state index is 12.8. The highest BCUT2D eigenvalue weighted by molar-refractivity contribution is 7.89. The summed E-state index contributed by atoms with van der Waals surface area (Å²) in [7, 11) is -1.85. The zero-order valence-corrected chi connectivity index (χ0v) is 16.9. The van der Waals surface area contributed by atoms with Crippen LogP contribution in [0.15, 0.2) is 59.5 Å². The van der Waals surface area contributed by atoms with Gasteiger partial charge in [0, 0.05) is 6.42 Å². The Kier molecular flexibility index (Phi) is 6.52. The average molecular weight is 390 g/mol. The molecule has 0 amide bonds. The van der Waals surface area contributed by atoms with Crippen LogP contribution in [-0.2, 0) is 16.4 Å². The molecular formula is C21H29N2O3S+. The van der Waals surface area contributed by atoms with Crippen LogP contribution in [0, 0.1) is 0 Å². The van der Waals surface area contributed by atoms with Crippen LogP contribution >= 0.6 is 0 Å². The first-order chi connectivity index (χ1) is 13.0. The van der Waals surface area contributed by atoms with E-state index < -0.39 is 10.0 Å². The van der Waals surface area contributed by atoms with Gasteiger partial charge in [-0.1, -0.05) is 30.3 Å². The van der Waals surface area contributed by atoms with Gasteiger partial charge in [0.2, 0.25) is 10.0 Å². The van der Waals surface area contributed by atoms with Crippen LogP contribution in [0.2, 0.25) is 0 Å². The summed E-state index contributed by atoms with van der Waals surface area (Å²) in [6.07, 6.45) is 2.18. The lowest BCUT2D eigenvalue weighted by Crippen LogP contribution is -3.18. The molecule has 5 nitrogen and oxygen atoms in total. The van der Waals surface area contributed by atoms with Gasteiger partial charge in [0.15, 0.2) is 0 Å². The fourth-order valence-electron chi connectivity index (χ4n) is 3.64. The van der Waals surface area contributed by atoms with Crippen LogP contribution in [0.4, 0.5) is 0 Å². The molecule has 1 aliphatic heterocycles. The fraction of sp³-hybridized carbons (Fsp3) is 0.429. The molecule has 0 unspecified atom stereocenters. The van der Waals surface area contributed by atoms with E-state index in [4.69, 9.17) is 4.74 Å². The second-order valence-corrected chi connectivity index (χ2v) is 9.10. The SMILES string of the molecule is COc1ccc(S(=O)(=O)N2CC[NH+]([C@H](C)CCc3ccccc3)CC2)cc1. The molecule has 1 aliphatic rings. The average Bonchev–Trinajstić information content (AvgIpc) is 2.73. The molecule has 0 spiro atoms. The first-order valence-corrected chi connectivity index (χ1v) is 11.0. The van der Waals surface area contributed by atoms with E-state index in [0.29, 0.717) is 29.8 Å². The lowest BCUT2D eigenvalue weighted by atomic mass is 10.0. The molecule has 6 heteroatoms. The van der Waals surface area contributed by atoms with Gasteiger partial charge in [0.05, 0.1) is 44.2 Å². The van der Waals surface area contributed by atoms with Crippen molar-refractivity contribution in [3.8, 4) is 5.75 Å². The Morgan fingerprint density at radius 3 is 2.26 bits per heavy atom. The summed E-state index contributed by atoms with van der Waals surface area (Å²) >= 11 is 0. The Morgan fingerprint density at radius 1 is 1.04 bits per heavy atom. The van der Waals surface area contributed by atoms with E-state index in [9.17, 15) is 8.42 Å². The van der Waals surface area contributed by atoms with E-state index in [1.807, 2.05) is 6.07 Å². The number of methoxy groups -OCH3 is 1. The zero-order chi connectivity index (χ0) is 19.3. The Hall–Kier alpha value is -1.89. The summed E-state index contributed by atoms with van der Waals surface area (Å²) in [5.41, 5.74) is 1.37. The quantitative estimate of drug-likeness (QED) is 0.783. The van der Waals surface area contributed by atoms with E-state index in [-0.39, 0.29) is 0 Å². The number of benzene rings is 2. The molecule has 1 heterocycles. The second kappa shape index (κ2) is 8.87. The molecule has 3 rings (SSSR count). The minimum Gasteiger partial charge on any atom is -0.497 e. The zero-order valence-electron chi connectivity index (χ0n) is 16.1. The molecule has 1 atom stereocenters.